The van der Waals surface area contributed by atoms with Crippen LogP contribution < -0.4 is 11.3 Å². The van der Waals surface area contributed by atoms with Crippen molar-refractivity contribution in [3.63, 3.8) is 0 Å². The molecule has 0 saturated heterocycles. The van der Waals surface area contributed by atoms with Crippen LogP contribution in [0.3, 0.4) is 0 Å². The third-order valence-corrected chi connectivity index (χ3v) is 4.51. The van der Waals surface area contributed by atoms with Crippen LogP contribution in [0.25, 0.3) is 0 Å². The Balaban J connectivity index is 2.20. The lowest BCUT2D eigenvalue weighted by Crippen LogP contribution is -2.38. The van der Waals surface area contributed by atoms with Crippen LogP contribution in [0.15, 0.2) is 6.07 Å². The van der Waals surface area contributed by atoms with Crippen molar-refractivity contribution in [3.05, 3.63) is 17.5 Å². The SMILES string of the molecule is CCc1cc(C(NN)C2CC(C)CC(C)C2)n(C)n1. The molecule has 0 radical (unpaired) electrons. The molecule has 19 heavy (non-hydrogen) atoms. The lowest BCUT2D eigenvalue weighted by Gasteiger charge is -2.36. The second kappa shape index (κ2) is 6.06. The molecule has 0 amide bonds. The van der Waals surface area contributed by atoms with E-state index in [0.29, 0.717) is 5.92 Å². The van der Waals surface area contributed by atoms with Gasteiger partial charge in [-0.3, -0.25) is 16.0 Å². The highest BCUT2D eigenvalue weighted by Crippen LogP contribution is 2.39. The van der Waals surface area contributed by atoms with Crippen molar-refractivity contribution < 1.29 is 0 Å². The topological polar surface area (TPSA) is 55.9 Å². The number of nitrogens with two attached hydrogens (primary N) is 1. The van der Waals surface area contributed by atoms with Crippen molar-refractivity contribution in [1.82, 2.24) is 15.2 Å². The van der Waals surface area contributed by atoms with E-state index < -0.39 is 0 Å². The standard InChI is InChI=1S/C15H28N4/c1-5-13-9-14(19(4)18-13)15(17-16)12-7-10(2)6-11(3)8-12/h9-12,15,17H,5-8,16H2,1-4H3. The molecule has 1 saturated carbocycles. The fourth-order valence-corrected chi connectivity index (χ4v) is 3.75. The van der Waals surface area contributed by atoms with Crippen molar-refractivity contribution >= 4 is 0 Å². The molecule has 0 spiro atoms. The van der Waals surface area contributed by atoms with E-state index in [2.05, 4.69) is 37.4 Å². The van der Waals surface area contributed by atoms with Gasteiger partial charge in [-0.1, -0.05) is 20.8 Å². The van der Waals surface area contributed by atoms with Gasteiger partial charge in [0.25, 0.3) is 0 Å². The van der Waals surface area contributed by atoms with Gasteiger partial charge in [-0.15, -0.1) is 0 Å². The summed E-state index contributed by atoms with van der Waals surface area (Å²) >= 11 is 0. The number of aryl methyl sites for hydroxylation is 2. The molecule has 0 aliphatic heterocycles. The van der Waals surface area contributed by atoms with E-state index in [-0.39, 0.29) is 6.04 Å². The van der Waals surface area contributed by atoms with Crippen LogP contribution in [0.2, 0.25) is 0 Å². The first-order chi connectivity index (χ1) is 9.05. The molecule has 1 aliphatic carbocycles. The zero-order valence-electron chi connectivity index (χ0n) is 12.7. The van der Waals surface area contributed by atoms with E-state index in [1.807, 2.05) is 11.7 Å². The maximum absolute atomic E-state index is 5.86. The summed E-state index contributed by atoms with van der Waals surface area (Å²) in [7, 11) is 2.02. The highest BCUT2D eigenvalue weighted by Gasteiger charge is 2.32. The molecule has 1 aliphatic rings. The summed E-state index contributed by atoms with van der Waals surface area (Å²) in [6.45, 7) is 6.86. The minimum atomic E-state index is 0.225. The molecular weight excluding hydrogens is 236 g/mol. The fraction of sp³-hybridized carbons (Fsp3) is 0.800. The van der Waals surface area contributed by atoms with Crippen LogP contribution in [-0.4, -0.2) is 9.78 Å². The zero-order valence-corrected chi connectivity index (χ0v) is 12.7. The molecule has 108 valence electrons. The Hall–Kier alpha value is -0.870. The molecule has 1 heterocycles. The second-order valence-electron chi connectivity index (χ2n) is 6.36. The Morgan fingerprint density at radius 1 is 1.37 bits per heavy atom. The van der Waals surface area contributed by atoms with Gasteiger partial charge in [0.1, 0.15) is 0 Å². The maximum atomic E-state index is 5.86. The van der Waals surface area contributed by atoms with Gasteiger partial charge in [-0.05, 0) is 49.5 Å². The summed E-state index contributed by atoms with van der Waals surface area (Å²) in [5, 5.41) is 4.55. The van der Waals surface area contributed by atoms with E-state index in [1.54, 1.807) is 0 Å². The molecule has 1 aromatic rings. The zero-order chi connectivity index (χ0) is 14.0. The van der Waals surface area contributed by atoms with Gasteiger partial charge in [0.15, 0.2) is 0 Å². The van der Waals surface area contributed by atoms with Crippen LogP contribution in [0.5, 0.6) is 0 Å². The summed E-state index contributed by atoms with van der Waals surface area (Å²) in [6.07, 6.45) is 4.83. The highest BCUT2D eigenvalue weighted by molar-refractivity contribution is 5.15. The summed E-state index contributed by atoms with van der Waals surface area (Å²) < 4.78 is 1.99. The molecule has 3 atom stereocenters. The van der Waals surface area contributed by atoms with Crippen LogP contribution in [0, 0.1) is 17.8 Å². The molecule has 0 bridgehead atoms. The summed E-state index contributed by atoms with van der Waals surface area (Å²) in [4.78, 5) is 0. The number of nitrogens with one attached hydrogen (secondary N) is 1. The second-order valence-corrected chi connectivity index (χ2v) is 6.36. The average molecular weight is 264 g/mol. The minimum absolute atomic E-state index is 0.225. The van der Waals surface area contributed by atoms with Crippen molar-refractivity contribution in [2.24, 2.45) is 30.6 Å². The van der Waals surface area contributed by atoms with Gasteiger partial charge in [0, 0.05) is 7.05 Å². The monoisotopic (exact) mass is 264 g/mol. The molecule has 3 unspecified atom stereocenters. The summed E-state index contributed by atoms with van der Waals surface area (Å²) in [5.74, 6) is 8.06. The van der Waals surface area contributed by atoms with Crippen molar-refractivity contribution in [2.75, 3.05) is 0 Å². The number of nitrogens with zero attached hydrogens (tertiary/aromatic N) is 2. The minimum Gasteiger partial charge on any atom is -0.271 e. The summed E-state index contributed by atoms with van der Waals surface area (Å²) in [6, 6.07) is 2.43. The smallest absolute Gasteiger partial charge is 0.0657 e. The Morgan fingerprint density at radius 2 is 2.00 bits per heavy atom. The molecule has 1 aromatic heterocycles. The van der Waals surface area contributed by atoms with Gasteiger partial charge in [-0.2, -0.15) is 5.10 Å². The number of hydrogen-bond acceptors (Lipinski definition) is 3. The van der Waals surface area contributed by atoms with Gasteiger partial charge in [0.05, 0.1) is 17.4 Å². The van der Waals surface area contributed by atoms with Crippen molar-refractivity contribution in [1.29, 1.82) is 0 Å². The third kappa shape index (κ3) is 3.18. The molecule has 2 rings (SSSR count). The van der Waals surface area contributed by atoms with Crippen LogP contribution >= 0.6 is 0 Å². The molecule has 0 aromatic carbocycles. The van der Waals surface area contributed by atoms with E-state index in [9.17, 15) is 0 Å². The average Bonchev–Trinajstić information content (AvgIpc) is 2.71. The predicted molar refractivity (Wildman–Crippen MR) is 78.3 cm³/mol. The number of hydrazine groups is 1. The predicted octanol–water partition coefficient (Wildman–Crippen LogP) is 2.56. The Kier molecular flexibility index (Phi) is 4.63. The quantitative estimate of drug-likeness (QED) is 0.649. The van der Waals surface area contributed by atoms with Gasteiger partial charge in [-0.25, -0.2) is 0 Å². The van der Waals surface area contributed by atoms with Crippen molar-refractivity contribution in [2.45, 2.75) is 52.5 Å². The van der Waals surface area contributed by atoms with E-state index in [4.69, 9.17) is 5.84 Å². The molecule has 4 heteroatoms. The van der Waals surface area contributed by atoms with Crippen LogP contribution in [-0.2, 0) is 13.5 Å². The molecule has 3 N–H and O–H groups in total. The Labute approximate surface area is 116 Å². The summed E-state index contributed by atoms with van der Waals surface area (Å²) in [5.41, 5.74) is 5.42. The largest absolute Gasteiger partial charge is 0.271 e. The Morgan fingerprint density at radius 3 is 2.47 bits per heavy atom. The third-order valence-electron chi connectivity index (χ3n) is 4.51. The van der Waals surface area contributed by atoms with Crippen LogP contribution in [0.1, 0.15) is 57.5 Å². The van der Waals surface area contributed by atoms with Crippen molar-refractivity contribution in [3.8, 4) is 0 Å². The molecule has 4 nitrogen and oxygen atoms in total. The molecule has 1 fully saturated rings. The first-order valence-electron chi connectivity index (χ1n) is 7.54. The van der Waals surface area contributed by atoms with E-state index in [0.717, 1.165) is 24.0 Å². The molecular formula is C15H28N4. The van der Waals surface area contributed by atoms with Crippen LogP contribution in [0.4, 0.5) is 0 Å². The van der Waals surface area contributed by atoms with Gasteiger partial charge >= 0.3 is 0 Å². The lowest BCUT2D eigenvalue weighted by atomic mass is 9.73. The first-order valence-corrected chi connectivity index (χ1v) is 7.54. The van der Waals surface area contributed by atoms with Gasteiger partial charge < -0.3 is 0 Å². The first kappa shape index (κ1) is 14.5. The normalized spacial score (nSPS) is 29.4. The van der Waals surface area contributed by atoms with E-state index >= 15 is 0 Å². The van der Waals surface area contributed by atoms with E-state index in [1.165, 1.54) is 25.0 Å². The fourth-order valence-electron chi connectivity index (χ4n) is 3.75. The van der Waals surface area contributed by atoms with Gasteiger partial charge in [0.2, 0.25) is 0 Å². The highest BCUT2D eigenvalue weighted by atomic mass is 15.3. The Bertz CT molecular complexity index is 402. The maximum Gasteiger partial charge on any atom is 0.0657 e. The number of rotatable bonds is 4. The number of aromatic nitrogens is 2. The lowest BCUT2D eigenvalue weighted by molar-refractivity contribution is 0.173. The number of hydrogen-bond donors (Lipinski definition) is 2.